The van der Waals surface area contributed by atoms with E-state index in [-0.39, 0.29) is 34.8 Å². The van der Waals surface area contributed by atoms with Gasteiger partial charge in [0.05, 0.1) is 4.92 Å². The number of ether oxygens (including phenoxy) is 1. The maximum atomic E-state index is 12.2. The minimum Gasteiger partial charge on any atom is -0.458 e. The van der Waals surface area contributed by atoms with Crippen molar-refractivity contribution in [2.75, 3.05) is 6.61 Å². The highest BCUT2D eigenvalue weighted by Gasteiger charge is 2.23. The van der Waals surface area contributed by atoms with E-state index in [9.17, 15) is 14.9 Å². The largest absolute Gasteiger partial charge is 0.458 e. The second kappa shape index (κ2) is 6.74. The number of benzene rings is 2. The maximum absolute atomic E-state index is 12.2. The van der Waals surface area contributed by atoms with Crippen LogP contribution in [0, 0.1) is 10.1 Å². The molecule has 25 heavy (non-hydrogen) atoms. The number of esters is 1. The van der Waals surface area contributed by atoms with Gasteiger partial charge < -0.3 is 9.15 Å². The predicted molar refractivity (Wildman–Crippen MR) is 91.6 cm³/mol. The number of fused-ring (bicyclic) bond motifs is 1. The molecule has 0 radical (unpaired) electrons. The van der Waals surface area contributed by atoms with Crippen LogP contribution < -0.4 is 0 Å². The van der Waals surface area contributed by atoms with Gasteiger partial charge >= 0.3 is 5.97 Å². The zero-order chi connectivity index (χ0) is 18.0. The number of oxazole rings is 1. The summed E-state index contributed by atoms with van der Waals surface area (Å²) in [5, 5.41) is 11.6. The number of rotatable bonds is 5. The summed E-state index contributed by atoms with van der Waals surface area (Å²) in [4.78, 5) is 26.9. The van der Waals surface area contributed by atoms with Crippen molar-refractivity contribution in [3.63, 3.8) is 0 Å². The lowest BCUT2D eigenvalue weighted by Gasteiger charge is -2.02. The molecule has 1 heterocycles. The van der Waals surface area contributed by atoms with Gasteiger partial charge in [0, 0.05) is 22.7 Å². The molecule has 8 heteroatoms. The van der Waals surface area contributed by atoms with E-state index in [1.165, 1.54) is 12.1 Å². The minimum absolute atomic E-state index is 0.0295. The number of nitro groups is 1. The van der Waals surface area contributed by atoms with E-state index in [1.807, 2.05) is 0 Å². The molecule has 3 rings (SSSR count). The van der Waals surface area contributed by atoms with E-state index < -0.39 is 10.9 Å². The molecular formula is C17H11ClN2O5. The number of non-ortho nitro benzene ring substituents is 1. The Hall–Kier alpha value is -3.19. The van der Waals surface area contributed by atoms with Crippen LogP contribution in [0.3, 0.4) is 0 Å². The number of hydrogen-bond donors (Lipinski definition) is 0. The molecule has 0 bridgehead atoms. The van der Waals surface area contributed by atoms with E-state index in [2.05, 4.69) is 11.6 Å². The molecule has 0 saturated heterocycles. The molecule has 0 aliphatic heterocycles. The highest BCUT2D eigenvalue weighted by Crippen LogP contribution is 2.31. The number of halogens is 1. The van der Waals surface area contributed by atoms with Crippen molar-refractivity contribution in [2.24, 2.45) is 0 Å². The van der Waals surface area contributed by atoms with Crippen molar-refractivity contribution in [1.82, 2.24) is 4.98 Å². The van der Waals surface area contributed by atoms with Crippen LogP contribution in [-0.4, -0.2) is 22.5 Å². The van der Waals surface area contributed by atoms with Crippen molar-refractivity contribution in [3.8, 4) is 11.5 Å². The summed E-state index contributed by atoms with van der Waals surface area (Å²) in [6.45, 7) is 3.42. The summed E-state index contributed by atoms with van der Waals surface area (Å²) >= 11 is 5.96. The van der Waals surface area contributed by atoms with Crippen LogP contribution >= 0.6 is 11.6 Å². The van der Waals surface area contributed by atoms with Crippen LogP contribution in [0.5, 0.6) is 0 Å². The van der Waals surface area contributed by atoms with Crippen molar-refractivity contribution in [1.29, 1.82) is 0 Å². The van der Waals surface area contributed by atoms with E-state index in [4.69, 9.17) is 20.8 Å². The zero-order valence-corrected chi connectivity index (χ0v) is 13.5. The Bertz CT molecular complexity index is 996. The van der Waals surface area contributed by atoms with Crippen molar-refractivity contribution in [2.45, 2.75) is 0 Å². The molecule has 0 aliphatic rings. The molecule has 0 fully saturated rings. The molecule has 2 aromatic carbocycles. The van der Waals surface area contributed by atoms with Gasteiger partial charge in [-0.1, -0.05) is 30.3 Å². The van der Waals surface area contributed by atoms with Crippen LogP contribution in [0.4, 0.5) is 5.69 Å². The average Bonchev–Trinajstić information content (AvgIpc) is 3.02. The molecule has 3 aromatic rings. The summed E-state index contributed by atoms with van der Waals surface area (Å²) in [5.74, 6) is -0.571. The lowest BCUT2D eigenvalue weighted by atomic mass is 10.1. The fourth-order valence-corrected chi connectivity index (χ4v) is 2.42. The van der Waals surface area contributed by atoms with Gasteiger partial charge in [0.1, 0.15) is 17.7 Å². The third-order valence-corrected chi connectivity index (χ3v) is 3.54. The molecule has 0 spiro atoms. The van der Waals surface area contributed by atoms with Crippen LogP contribution in [0.15, 0.2) is 53.5 Å². The number of aromatic nitrogens is 1. The summed E-state index contributed by atoms with van der Waals surface area (Å²) in [7, 11) is 0. The van der Waals surface area contributed by atoms with Crippen LogP contribution in [0.25, 0.3) is 22.6 Å². The molecule has 0 saturated carbocycles. The molecule has 0 atom stereocenters. The Labute approximate surface area is 146 Å². The first-order valence-corrected chi connectivity index (χ1v) is 7.50. The second-order valence-electron chi connectivity index (χ2n) is 5.02. The minimum atomic E-state index is -0.762. The normalized spacial score (nSPS) is 10.6. The van der Waals surface area contributed by atoms with Gasteiger partial charge in [0.2, 0.25) is 5.89 Å². The Morgan fingerprint density at radius 1 is 1.40 bits per heavy atom. The fourth-order valence-electron chi connectivity index (χ4n) is 2.23. The number of carbonyl (C=O) groups excluding carboxylic acids is 1. The van der Waals surface area contributed by atoms with Crippen LogP contribution in [0.2, 0.25) is 5.02 Å². The highest BCUT2D eigenvalue weighted by molar-refractivity contribution is 6.30. The van der Waals surface area contributed by atoms with E-state index in [0.29, 0.717) is 10.6 Å². The molecule has 7 nitrogen and oxygen atoms in total. The van der Waals surface area contributed by atoms with Crippen LogP contribution in [-0.2, 0) is 4.74 Å². The lowest BCUT2D eigenvalue weighted by molar-refractivity contribution is -0.384. The van der Waals surface area contributed by atoms with Crippen molar-refractivity contribution >= 4 is 34.4 Å². The summed E-state index contributed by atoms with van der Waals surface area (Å²) in [6, 6.07) is 9.10. The van der Waals surface area contributed by atoms with Crippen molar-refractivity contribution < 1.29 is 18.9 Å². The van der Waals surface area contributed by atoms with Gasteiger partial charge in [-0.3, -0.25) is 10.1 Å². The molecule has 126 valence electrons. The molecular weight excluding hydrogens is 348 g/mol. The Kier molecular flexibility index (Phi) is 4.49. The van der Waals surface area contributed by atoms with Gasteiger partial charge in [-0.25, -0.2) is 9.78 Å². The maximum Gasteiger partial charge on any atom is 0.342 e. The average molecular weight is 359 g/mol. The molecule has 0 unspecified atom stereocenters. The fraction of sp³-hybridized carbons (Fsp3) is 0.0588. The highest BCUT2D eigenvalue weighted by atomic mass is 35.5. The van der Waals surface area contributed by atoms with E-state index >= 15 is 0 Å². The third kappa shape index (κ3) is 3.36. The second-order valence-corrected chi connectivity index (χ2v) is 5.45. The third-order valence-electron chi connectivity index (χ3n) is 3.31. The van der Waals surface area contributed by atoms with E-state index in [1.54, 1.807) is 24.3 Å². The first-order valence-electron chi connectivity index (χ1n) is 7.12. The first-order chi connectivity index (χ1) is 12.0. The lowest BCUT2D eigenvalue weighted by Crippen LogP contribution is -2.06. The van der Waals surface area contributed by atoms with E-state index in [0.717, 1.165) is 6.07 Å². The quantitative estimate of drug-likeness (QED) is 0.290. The Morgan fingerprint density at radius 3 is 2.88 bits per heavy atom. The first kappa shape index (κ1) is 16.7. The smallest absolute Gasteiger partial charge is 0.342 e. The SMILES string of the molecule is C=CCOC(=O)c1cc([N+](=O)[O-])cc2nc(-c3cccc(Cl)c3)oc12. The number of carbonyl (C=O) groups is 1. The molecule has 1 aromatic heterocycles. The zero-order valence-electron chi connectivity index (χ0n) is 12.8. The summed E-state index contributed by atoms with van der Waals surface area (Å²) < 4.78 is 10.6. The summed E-state index contributed by atoms with van der Waals surface area (Å²) in [6.07, 6.45) is 1.39. The Balaban J connectivity index is 2.17. The Morgan fingerprint density at radius 2 is 2.20 bits per heavy atom. The number of nitro benzene ring substituents is 1. The van der Waals surface area contributed by atoms with Crippen LogP contribution in [0.1, 0.15) is 10.4 Å². The van der Waals surface area contributed by atoms with Gasteiger partial charge in [-0.05, 0) is 18.2 Å². The predicted octanol–water partition coefficient (Wildman–Crippen LogP) is 4.40. The molecule has 0 amide bonds. The van der Waals surface area contributed by atoms with Crippen molar-refractivity contribution in [3.05, 3.63) is 69.8 Å². The van der Waals surface area contributed by atoms with Gasteiger partial charge in [0.15, 0.2) is 5.58 Å². The van der Waals surface area contributed by atoms with Gasteiger partial charge in [-0.15, -0.1) is 0 Å². The van der Waals surface area contributed by atoms with Gasteiger partial charge in [0.25, 0.3) is 5.69 Å². The standard InChI is InChI=1S/C17H11ClN2O5/c1-2-6-24-17(21)13-8-12(20(22)23)9-14-15(13)25-16(19-14)10-4-3-5-11(18)7-10/h2-5,7-9H,1,6H2. The summed E-state index contributed by atoms with van der Waals surface area (Å²) in [5.41, 5.74) is 0.497. The molecule has 0 N–H and O–H groups in total. The monoisotopic (exact) mass is 358 g/mol. The molecule has 0 aliphatic carbocycles. The van der Waals surface area contributed by atoms with Gasteiger partial charge in [-0.2, -0.15) is 0 Å². The number of nitrogens with zero attached hydrogens (tertiary/aromatic N) is 2. The topological polar surface area (TPSA) is 95.5 Å². The number of hydrogen-bond acceptors (Lipinski definition) is 6.